The second-order valence-electron chi connectivity index (χ2n) is 3.53. The van der Waals surface area contributed by atoms with Crippen LogP contribution >= 0.6 is 11.3 Å². The topological polar surface area (TPSA) is 12.0 Å². The molecule has 0 radical (unpaired) electrons. The predicted molar refractivity (Wildman–Crippen MR) is 63.1 cm³/mol. The van der Waals surface area contributed by atoms with Gasteiger partial charge in [0.15, 0.2) is 0 Å². The van der Waals surface area contributed by atoms with E-state index >= 15 is 0 Å². The Morgan fingerprint density at radius 2 is 1.88 bits per heavy atom. The molecule has 0 atom stereocenters. The number of halogens is 3. The van der Waals surface area contributed by atoms with Gasteiger partial charge in [0.1, 0.15) is 0 Å². The highest BCUT2D eigenvalue weighted by atomic mass is 32.1. The minimum atomic E-state index is -4.32. The minimum absolute atomic E-state index is 0.117. The molecular formula is C12H10F3NS. The van der Waals surface area contributed by atoms with Crippen LogP contribution in [-0.2, 0) is 12.7 Å². The van der Waals surface area contributed by atoms with Gasteiger partial charge in [0.05, 0.1) is 5.56 Å². The number of benzene rings is 1. The van der Waals surface area contributed by atoms with Gasteiger partial charge in [-0.05, 0) is 34.5 Å². The minimum Gasteiger partial charge on any atom is -0.380 e. The summed E-state index contributed by atoms with van der Waals surface area (Å²) in [5.74, 6) is 0. The molecule has 1 N–H and O–H groups in total. The van der Waals surface area contributed by atoms with Crippen LogP contribution in [-0.4, -0.2) is 0 Å². The molecule has 17 heavy (non-hydrogen) atoms. The van der Waals surface area contributed by atoms with Crippen molar-refractivity contribution in [1.29, 1.82) is 0 Å². The van der Waals surface area contributed by atoms with Crippen LogP contribution in [0.3, 0.4) is 0 Å². The third-order valence-electron chi connectivity index (χ3n) is 2.30. The van der Waals surface area contributed by atoms with Gasteiger partial charge in [0.25, 0.3) is 0 Å². The molecule has 0 amide bonds. The lowest BCUT2D eigenvalue weighted by Crippen LogP contribution is -2.10. The Labute approximate surface area is 101 Å². The first-order valence-corrected chi connectivity index (χ1v) is 5.93. The van der Waals surface area contributed by atoms with Crippen molar-refractivity contribution in [2.45, 2.75) is 12.7 Å². The number of thiophene rings is 1. The molecule has 0 fully saturated rings. The van der Waals surface area contributed by atoms with Gasteiger partial charge in [-0.3, -0.25) is 0 Å². The lowest BCUT2D eigenvalue weighted by Gasteiger charge is -2.13. The maximum absolute atomic E-state index is 12.7. The van der Waals surface area contributed by atoms with E-state index in [2.05, 4.69) is 5.32 Å². The first kappa shape index (κ1) is 12.0. The van der Waals surface area contributed by atoms with Crippen LogP contribution in [0, 0.1) is 0 Å². The molecule has 2 rings (SSSR count). The average Bonchev–Trinajstić information content (AvgIpc) is 2.78. The molecule has 2 aromatic rings. The SMILES string of the molecule is FC(F)(F)c1ccccc1NCc1ccsc1. The third-order valence-corrected chi connectivity index (χ3v) is 3.03. The first-order chi connectivity index (χ1) is 8.07. The van der Waals surface area contributed by atoms with Crippen LogP contribution in [0.1, 0.15) is 11.1 Å². The van der Waals surface area contributed by atoms with Crippen LogP contribution in [0.2, 0.25) is 0 Å². The van der Waals surface area contributed by atoms with Crippen molar-refractivity contribution >= 4 is 17.0 Å². The van der Waals surface area contributed by atoms with E-state index in [1.807, 2.05) is 16.8 Å². The zero-order chi connectivity index (χ0) is 12.3. The van der Waals surface area contributed by atoms with E-state index in [0.717, 1.165) is 11.6 Å². The Morgan fingerprint density at radius 1 is 1.12 bits per heavy atom. The lowest BCUT2D eigenvalue weighted by molar-refractivity contribution is -0.136. The molecule has 1 nitrogen and oxygen atoms in total. The summed E-state index contributed by atoms with van der Waals surface area (Å²) in [6.45, 7) is 0.399. The molecular weight excluding hydrogens is 247 g/mol. The van der Waals surface area contributed by atoms with Crippen molar-refractivity contribution in [3.63, 3.8) is 0 Å². The molecule has 5 heteroatoms. The van der Waals surface area contributed by atoms with Crippen molar-refractivity contribution in [3.8, 4) is 0 Å². The van der Waals surface area contributed by atoms with Gasteiger partial charge in [0.2, 0.25) is 0 Å². The molecule has 1 aromatic heterocycles. The quantitative estimate of drug-likeness (QED) is 0.860. The molecule has 0 saturated heterocycles. The zero-order valence-corrected chi connectivity index (χ0v) is 9.61. The standard InChI is InChI=1S/C12H10F3NS/c13-12(14,15)10-3-1-2-4-11(10)16-7-9-5-6-17-8-9/h1-6,8,16H,7H2. The fourth-order valence-electron chi connectivity index (χ4n) is 1.47. The summed E-state index contributed by atoms with van der Waals surface area (Å²) in [5, 5.41) is 6.61. The second-order valence-corrected chi connectivity index (χ2v) is 4.31. The number of alkyl halides is 3. The fraction of sp³-hybridized carbons (Fsp3) is 0.167. The highest BCUT2D eigenvalue weighted by Crippen LogP contribution is 2.34. The van der Waals surface area contributed by atoms with E-state index in [9.17, 15) is 13.2 Å². The molecule has 0 bridgehead atoms. The summed E-state index contributed by atoms with van der Waals surface area (Å²) < 4.78 is 38.0. The Hall–Kier alpha value is -1.49. The van der Waals surface area contributed by atoms with Crippen LogP contribution in [0.15, 0.2) is 41.1 Å². The summed E-state index contributed by atoms with van der Waals surface area (Å²) in [5.41, 5.74) is 0.466. The summed E-state index contributed by atoms with van der Waals surface area (Å²) in [4.78, 5) is 0. The van der Waals surface area contributed by atoms with E-state index < -0.39 is 11.7 Å². The van der Waals surface area contributed by atoms with Gasteiger partial charge in [-0.2, -0.15) is 24.5 Å². The number of anilines is 1. The zero-order valence-electron chi connectivity index (χ0n) is 8.79. The highest BCUT2D eigenvalue weighted by Gasteiger charge is 2.32. The van der Waals surface area contributed by atoms with Crippen molar-refractivity contribution in [2.75, 3.05) is 5.32 Å². The summed E-state index contributed by atoms with van der Waals surface area (Å²) in [7, 11) is 0. The molecule has 0 aliphatic carbocycles. The molecule has 0 unspecified atom stereocenters. The number of para-hydroxylation sites is 1. The van der Waals surface area contributed by atoms with Crippen LogP contribution < -0.4 is 5.32 Å². The maximum atomic E-state index is 12.7. The smallest absolute Gasteiger partial charge is 0.380 e. The monoisotopic (exact) mass is 257 g/mol. The third kappa shape index (κ3) is 3.00. The van der Waals surface area contributed by atoms with Gasteiger partial charge in [0, 0.05) is 12.2 Å². The van der Waals surface area contributed by atoms with Crippen molar-refractivity contribution < 1.29 is 13.2 Å². The van der Waals surface area contributed by atoms with Crippen LogP contribution in [0.5, 0.6) is 0 Å². The normalized spacial score (nSPS) is 11.5. The summed E-state index contributed by atoms with van der Waals surface area (Å²) in [6.07, 6.45) is -4.32. The molecule has 1 heterocycles. The van der Waals surface area contributed by atoms with Gasteiger partial charge < -0.3 is 5.32 Å². The molecule has 1 aromatic carbocycles. The maximum Gasteiger partial charge on any atom is 0.418 e. The van der Waals surface area contributed by atoms with Gasteiger partial charge in [-0.25, -0.2) is 0 Å². The van der Waals surface area contributed by atoms with Gasteiger partial charge >= 0.3 is 6.18 Å². The Kier molecular flexibility index (Phi) is 3.38. The number of nitrogens with one attached hydrogen (secondary N) is 1. The van der Waals surface area contributed by atoms with Crippen LogP contribution in [0.25, 0.3) is 0 Å². The van der Waals surface area contributed by atoms with Crippen molar-refractivity contribution in [3.05, 3.63) is 52.2 Å². The predicted octanol–water partition coefficient (Wildman–Crippen LogP) is 4.38. The molecule has 0 saturated carbocycles. The van der Waals surface area contributed by atoms with E-state index in [-0.39, 0.29) is 5.69 Å². The largest absolute Gasteiger partial charge is 0.418 e. The van der Waals surface area contributed by atoms with E-state index in [4.69, 9.17) is 0 Å². The van der Waals surface area contributed by atoms with E-state index in [1.54, 1.807) is 6.07 Å². The second kappa shape index (κ2) is 4.79. The number of hydrogen-bond acceptors (Lipinski definition) is 2. The highest BCUT2D eigenvalue weighted by molar-refractivity contribution is 7.07. The van der Waals surface area contributed by atoms with Crippen LogP contribution in [0.4, 0.5) is 18.9 Å². The summed E-state index contributed by atoms with van der Waals surface area (Å²) in [6, 6.07) is 7.38. The Balaban J connectivity index is 2.16. The number of hydrogen-bond donors (Lipinski definition) is 1. The molecule has 0 aliphatic rings. The fourth-order valence-corrected chi connectivity index (χ4v) is 2.14. The Bertz CT molecular complexity index is 477. The average molecular weight is 257 g/mol. The molecule has 0 aliphatic heterocycles. The first-order valence-electron chi connectivity index (χ1n) is 4.98. The van der Waals surface area contributed by atoms with Crippen molar-refractivity contribution in [1.82, 2.24) is 0 Å². The number of rotatable bonds is 3. The Morgan fingerprint density at radius 3 is 2.53 bits per heavy atom. The van der Waals surface area contributed by atoms with Gasteiger partial charge in [-0.15, -0.1) is 0 Å². The lowest BCUT2D eigenvalue weighted by atomic mass is 10.1. The summed E-state index contributed by atoms with van der Waals surface area (Å²) >= 11 is 1.52. The van der Waals surface area contributed by atoms with E-state index in [1.165, 1.54) is 23.5 Å². The molecule has 0 spiro atoms. The molecule has 90 valence electrons. The van der Waals surface area contributed by atoms with Gasteiger partial charge in [-0.1, -0.05) is 12.1 Å². The van der Waals surface area contributed by atoms with E-state index in [0.29, 0.717) is 6.54 Å². The van der Waals surface area contributed by atoms with Crippen molar-refractivity contribution in [2.24, 2.45) is 0 Å².